The van der Waals surface area contributed by atoms with E-state index in [1.807, 2.05) is 18.7 Å². The average Bonchev–Trinajstić information content (AvgIpc) is 2.84. The van der Waals surface area contributed by atoms with Crippen LogP contribution in [0.3, 0.4) is 0 Å². The summed E-state index contributed by atoms with van der Waals surface area (Å²) >= 11 is 0. The first-order valence-corrected chi connectivity index (χ1v) is 8.61. The fourth-order valence-corrected chi connectivity index (χ4v) is 4.78. The van der Waals surface area contributed by atoms with Crippen LogP contribution in [-0.4, -0.2) is 49.3 Å². The Morgan fingerprint density at radius 1 is 1.29 bits per heavy atom. The van der Waals surface area contributed by atoms with E-state index in [1.165, 1.54) is 12.1 Å². The quantitative estimate of drug-likeness (QED) is 0.892. The van der Waals surface area contributed by atoms with Gasteiger partial charge in [0, 0.05) is 19.6 Å². The lowest BCUT2D eigenvalue weighted by Crippen LogP contribution is -2.34. The van der Waals surface area contributed by atoms with Crippen LogP contribution >= 0.6 is 0 Å². The molecule has 1 aliphatic heterocycles. The van der Waals surface area contributed by atoms with Crippen molar-refractivity contribution in [2.45, 2.75) is 24.0 Å². The largest absolute Gasteiger partial charge is 0.481 e. The van der Waals surface area contributed by atoms with Gasteiger partial charge in [0.2, 0.25) is 0 Å². The maximum Gasteiger partial charge on any atom is 0.309 e. The average molecular weight is 311 g/mol. The number of hydrogen-bond acceptors (Lipinski definition) is 4. The van der Waals surface area contributed by atoms with Crippen molar-refractivity contribution in [1.82, 2.24) is 4.90 Å². The van der Waals surface area contributed by atoms with Crippen molar-refractivity contribution in [2.24, 2.45) is 11.8 Å². The van der Waals surface area contributed by atoms with Crippen molar-refractivity contribution >= 4 is 15.8 Å². The molecule has 1 fully saturated rings. The van der Waals surface area contributed by atoms with Crippen LogP contribution in [0.4, 0.5) is 0 Å². The maximum atomic E-state index is 12.7. The molecule has 1 aliphatic rings. The second kappa shape index (κ2) is 6.15. The summed E-state index contributed by atoms with van der Waals surface area (Å²) in [6.07, 6.45) is 0. The molecule has 1 aromatic rings. The van der Waals surface area contributed by atoms with Crippen molar-refractivity contribution in [3.8, 4) is 0 Å². The van der Waals surface area contributed by atoms with Gasteiger partial charge in [-0.3, -0.25) is 4.79 Å². The normalized spacial score (nSPS) is 23.6. The zero-order valence-electron chi connectivity index (χ0n) is 12.3. The van der Waals surface area contributed by atoms with E-state index >= 15 is 0 Å². The Morgan fingerprint density at radius 2 is 1.90 bits per heavy atom. The number of hydrogen-bond donors (Lipinski definition) is 1. The van der Waals surface area contributed by atoms with Gasteiger partial charge in [0.1, 0.15) is 0 Å². The summed E-state index contributed by atoms with van der Waals surface area (Å²) < 4.78 is 25.4. The van der Waals surface area contributed by atoms with Gasteiger partial charge >= 0.3 is 5.97 Å². The van der Waals surface area contributed by atoms with Crippen LogP contribution in [0.25, 0.3) is 0 Å². The Kier molecular flexibility index (Phi) is 4.68. The molecule has 116 valence electrons. The zero-order valence-corrected chi connectivity index (χ0v) is 13.1. The smallest absolute Gasteiger partial charge is 0.309 e. The maximum absolute atomic E-state index is 12.7. The van der Waals surface area contributed by atoms with Gasteiger partial charge in [-0.15, -0.1) is 0 Å². The number of sulfone groups is 1. The highest BCUT2D eigenvalue weighted by molar-refractivity contribution is 7.92. The molecular weight excluding hydrogens is 290 g/mol. The van der Waals surface area contributed by atoms with E-state index in [4.69, 9.17) is 0 Å². The van der Waals surface area contributed by atoms with E-state index in [0.717, 1.165) is 0 Å². The highest BCUT2D eigenvalue weighted by Gasteiger charge is 2.45. The van der Waals surface area contributed by atoms with Crippen LogP contribution in [0, 0.1) is 11.8 Å². The Morgan fingerprint density at radius 3 is 2.43 bits per heavy atom. The lowest BCUT2D eigenvalue weighted by Gasteiger charge is -2.18. The molecule has 21 heavy (non-hydrogen) atoms. The number of carboxylic acids is 1. The van der Waals surface area contributed by atoms with Crippen LogP contribution < -0.4 is 0 Å². The third-order valence-corrected chi connectivity index (χ3v) is 5.96. The van der Waals surface area contributed by atoms with Crippen molar-refractivity contribution in [3.05, 3.63) is 30.3 Å². The van der Waals surface area contributed by atoms with E-state index in [1.54, 1.807) is 18.2 Å². The summed E-state index contributed by atoms with van der Waals surface area (Å²) in [5.41, 5.74) is 0. The molecule has 0 saturated carbocycles. The number of benzene rings is 1. The number of rotatable bonds is 5. The molecule has 1 saturated heterocycles. The highest BCUT2D eigenvalue weighted by atomic mass is 32.2. The molecule has 1 N–H and O–H groups in total. The minimum absolute atomic E-state index is 0.202. The van der Waals surface area contributed by atoms with Crippen molar-refractivity contribution in [2.75, 3.05) is 19.6 Å². The van der Waals surface area contributed by atoms with Crippen LogP contribution in [0.5, 0.6) is 0 Å². The molecule has 0 aliphatic carbocycles. The summed E-state index contributed by atoms with van der Waals surface area (Å²) in [5, 5.41) is 8.48. The van der Waals surface area contributed by atoms with Crippen LogP contribution in [0.2, 0.25) is 0 Å². The summed E-state index contributed by atoms with van der Waals surface area (Å²) in [7, 11) is -3.62. The Balaban J connectivity index is 2.30. The van der Waals surface area contributed by atoms with Crippen molar-refractivity contribution in [1.29, 1.82) is 0 Å². The SMILES string of the molecule is CC(C)CN1C[C@@H](S(=O)(=O)c2ccccc2)[C@H](C(=O)O)C1. The number of likely N-dealkylation sites (tertiary alicyclic amines) is 1. The minimum Gasteiger partial charge on any atom is -0.481 e. The fourth-order valence-electron chi connectivity index (χ4n) is 2.85. The Labute approximate surface area is 125 Å². The molecule has 0 amide bonds. The molecule has 0 spiro atoms. The first kappa shape index (κ1) is 16.0. The predicted octanol–water partition coefficient (Wildman–Crippen LogP) is 1.50. The second-order valence-corrected chi connectivity index (χ2v) is 8.12. The predicted molar refractivity (Wildman–Crippen MR) is 79.8 cm³/mol. The highest BCUT2D eigenvalue weighted by Crippen LogP contribution is 2.29. The third-order valence-electron chi connectivity index (χ3n) is 3.75. The van der Waals surface area contributed by atoms with E-state index in [2.05, 4.69) is 0 Å². The van der Waals surface area contributed by atoms with Gasteiger partial charge in [0.05, 0.1) is 16.1 Å². The summed E-state index contributed by atoms with van der Waals surface area (Å²) in [5.74, 6) is -1.53. The minimum atomic E-state index is -3.62. The monoisotopic (exact) mass is 311 g/mol. The zero-order chi connectivity index (χ0) is 15.6. The van der Waals surface area contributed by atoms with E-state index in [9.17, 15) is 18.3 Å². The van der Waals surface area contributed by atoms with Gasteiger partial charge in [-0.25, -0.2) is 8.42 Å². The standard InChI is InChI=1S/C15H21NO4S/c1-11(2)8-16-9-13(15(17)18)14(10-16)21(19,20)12-6-4-3-5-7-12/h3-7,11,13-14H,8-10H2,1-2H3,(H,17,18)/t13-,14-/m1/s1. The van der Waals surface area contributed by atoms with E-state index < -0.39 is 27.0 Å². The van der Waals surface area contributed by atoms with Gasteiger partial charge < -0.3 is 10.0 Å². The number of nitrogens with zero attached hydrogens (tertiary/aromatic N) is 1. The lowest BCUT2D eigenvalue weighted by molar-refractivity contribution is -0.141. The molecular formula is C15H21NO4S. The molecule has 0 bridgehead atoms. The van der Waals surface area contributed by atoms with Crippen LogP contribution in [0.1, 0.15) is 13.8 Å². The lowest BCUT2D eigenvalue weighted by atomic mass is 10.1. The number of aliphatic carboxylic acids is 1. The molecule has 0 radical (unpaired) electrons. The van der Waals surface area contributed by atoms with E-state index in [-0.39, 0.29) is 11.4 Å². The molecule has 1 aromatic carbocycles. The first-order chi connectivity index (χ1) is 9.82. The van der Waals surface area contributed by atoms with Crippen molar-refractivity contribution in [3.63, 3.8) is 0 Å². The van der Waals surface area contributed by atoms with Crippen LogP contribution in [-0.2, 0) is 14.6 Å². The number of carbonyl (C=O) groups is 1. The molecule has 0 aromatic heterocycles. The summed E-state index contributed by atoms with van der Waals surface area (Å²) in [4.78, 5) is 13.6. The fraction of sp³-hybridized carbons (Fsp3) is 0.533. The number of carboxylic acid groups (broad SMARTS) is 1. The van der Waals surface area contributed by atoms with Gasteiger partial charge in [0.15, 0.2) is 9.84 Å². The molecule has 0 unspecified atom stereocenters. The van der Waals surface area contributed by atoms with E-state index in [0.29, 0.717) is 19.0 Å². The summed E-state index contributed by atoms with van der Waals surface area (Å²) in [6.45, 7) is 5.37. The molecule has 6 heteroatoms. The van der Waals surface area contributed by atoms with Crippen molar-refractivity contribution < 1.29 is 18.3 Å². The first-order valence-electron chi connectivity index (χ1n) is 7.06. The third kappa shape index (κ3) is 3.44. The summed E-state index contributed by atoms with van der Waals surface area (Å²) in [6, 6.07) is 8.11. The molecule has 2 atom stereocenters. The van der Waals surface area contributed by atoms with Crippen LogP contribution in [0.15, 0.2) is 35.2 Å². The Hall–Kier alpha value is -1.40. The van der Waals surface area contributed by atoms with Gasteiger partial charge in [-0.05, 0) is 18.1 Å². The van der Waals surface area contributed by atoms with Gasteiger partial charge in [0.25, 0.3) is 0 Å². The van der Waals surface area contributed by atoms with Gasteiger partial charge in [-0.1, -0.05) is 32.0 Å². The Bertz CT molecular complexity index is 597. The molecule has 5 nitrogen and oxygen atoms in total. The molecule has 1 heterocycles. The molecule has 2 rings (SSSR count). The van der Waals surface area contributed by atoms with Gasteiger partial charge in [-0.2, -0.15) is 0 Å². The second-order valence-electron chi connectivity index (χ2n) is 5.95. The topological polar surface area (TPSA) is 74.7 Å².